The largest absolute Gasteiger partial charge is 0.394 e. The molecule has 0 saturated carbocycles. The molecule has 1 saturated heterocycles. The number of hydrogen-bond donors (Lipinski definition) is 4. The Hall–Kier alpha value is -1.52. The first-order valence-electron chi connectivity index (χ1n) is 5.95. The predicted octanol–water partition coefficient (Wildman–Crippen LogP) is -2.71. The van der Waals surface area contributed by atoms with Crippen molar-refractivity contribution >= 4 is 0 Å². The van der Waals surface area contributed by atoms with Crippen LogP contribution >= 0.6 is 0 Å². The molecule has 0 aromatic carbocycles. The van der Waals surface area contributed by atoms with Crippen LogP contribution in [0.5, 0.6) is 0 Å². The molecule has 0 radical (unpaired) electrons. The minimum absolute atomic E-state index is 0.0234. The highest BCUT2D eigenvalue weighted by Crippen LogP contribution is 2.27. The summed E-state index contributed by atoms with van der Waals surface area (Å²) in [6.45, 7) is -0.526. The van der Waals surface area contributed by atoms with E-state index in [1.807, 2.05) is 0 Å². The van der Waals surface area contributed by atoms with Gasteiger partial charge in [-0.25, -0.2) is 4.79 Å². The molecular formula is C11H16N2O7. The Morgan fingerprint density at radius 2 is 2.10 bits per heavy atom. The summed E-state index contributed by atoms with van der Waals surface area (Å²) in [7, 11) is 1.39. The fraction of sp³-hybridized carbons (Fsp3) is 0.636. The van der Waals surface area contributed by atoms with Gasteiger partial charge < -0.3 is 24.8 Å². The van der Waals surface area contributed by atoms with Crippen LogP contribution in [-0.4, -0.2) is 56.9 Å². The van der Waals surface area contributed by atoms with E-state index in [9.17, 15) is 19.8 Å². The van der Waals surface area contributed by atoms with Gasteiger partial charge in [-0.3, -0.25) is 14.3 Å². The number of methoxy groups -OCH3 is 1. The number of nitrogens with one attached hydrogen (secondary N) is 1. The molecule has 1 aromatic heterocycles. The lowest BCUT2D eigenvalue weighted by Crippen LogP contribution is -2.39. The summed E-state index contributed by atoms with van der Waals surface area (Å²) < 4.78 is 11.0. The summed E-state index contributed by atoms with van der Waals surface area (Å²) in [6, 6.07) is 0. The van der Waals surface area contributed by atoms with Crippen molar-refractivity contribution in [1.29, 1.82) is 0 Å². The molecule has 9 nitrogen and oxygen atoms in total. The molecule has 20 heavy (non-hydrogen) atoms. The lowest BCUT2D eigenvalue weighted by Gasteiger charge is -2.17. The first-order chi connectivity index (χ1) is 9.49. The minimum atomic E-state index is -1.40. The van der Waals surface area contributed by atoms with Crippen LogP contribution in [0.15, 0.2) is 15.8 Å². The van der Waals surface area contributed by atoms with Gasteiger partial charge in [-0.05, 0) is 0 Å². The molecule has 0 amide bonds. The van der Waals surface area contributed by atoms with Gasteiger partial charge in [-0.1, -0.05) is 0 Å². The van der Waals surface area contributed by atoms with E-state index in [4.69, 9.17) is 14.6 Å². The number of hydrogen-bond acceptors (Lipinski definition) is 7. The van der Waals surface area contributed by atoms with Gasteiger partial charge in [-0.2, -0.15) is 0 Å². The Kier molecular flexibility index (Phi) is 4.35. The molecule has 2 unspecified atom stereocenters. The molecule has 2 rings (SSSR count). The van der Waals surface area contributed by atoms with Crippen LogP contribution in [0.2, 0.25) is 0 Å². The highest BCUT2D eigenvalue weighted by atomic mass is 16.6. The third kappa shape index (κ3) is 2.53. The number of nitrogens with zero attached hydrogens (tertiary/aromatic N) is 1. The van der Waals surface area contributed by atoms with Gasteiger partial charge >= 0.3 is 5.69 Å². The van der Waals surface area contributed by atoms with Crippen LogP contribution < -0.4 is 11.2 Å². The van der Waals surface area contributed by atoms with Crippen LogP contribution in [0.1, 0.15) is 11.8 Å². The molecule has 1 aliphatic heterocycles. The average molecular weight is 288 g/mol. The zero-order valence-corrected chi connectivity index (χ0v) is 10.7. The summed E-state index contributed by atoms with van der Waals surface area (Å²) in [5.74, 6) is 0. The van der Waals surface area contributed by atoms with Crippen LogP contribution in [-0.2, 0) is 16.1 Å². The van der Waals surface area contributed by atoms with Crippen molar-refractivity contribution < 1.29 is 24.8 Å². The summed E-state index contributed by atoms with van der Waals surface area (Å²) in [6.07, 6.45) is -3.71. The number of aliphatic hydroxyl groups excluding tert-OH is 3. The zero-order chi connectivity index (χ0) is 14.9. The SMILES string of the molecule is COCc1cn([C@H]2O[C@@H](CO)C(O)C2O)c(=O)[nH]c1=O. The van der Waals surface area contributed by atoms with Gasteiger partial charge in [0.15, 0.2) is 6.23 Å². The van der Waals surface area contributed by atoms with Crippen molar-refractivity contribution in [2.75, 3.05) is 13.7 Å². The Bertz CT molecular complexity index is 581. The molecule has 1 fully saturated rings. The highest BCUT2D eigenvalue weighted by Gasteiger charge is 2.43. The lowest BCUT2D eigenvalue weighted by molar-refractivity contribution is -0.0552. The summed E-state index contributed by atoms with van der Waals surface area (Å²) in [5.41, 5.74) is -1.21. The van der Waals surface area contributed by atoms with Gasteiger partial charge in [0.25, 0.3) is 5.56 Å². The second-order valence-electron chi connectivity index (χ2n) is 4.48. The average Bonchev–Trinajstić information content (AvgIpc) is 2.70. The van der Waals surface area contributed by atoms with Crippen molar-refractivity contribution in [2.45, 2.75) is 31.1 Å². The minimum Gasteiger partial charge on any atom is -0.394 e. The summed E-state index contributed by atoms with van der Waals surface area (Å²) in [4.78, 5) is 25.4. The van der Waals surface area contributed by atoms with E-state index in [0.29, 0.717) is 0 Å². The standard InChI is InChI=1S/C11H16N2O7/c1-19-4-5-2-13(11(18)12-9(5)17)10-8(16)7(15)6(3-14)20-10/h2,6-8,10,14-16H,3-4H2,1H3,(H,12,17,18)/t6-,7?,8?,10-/m0/s1. The van der Waals surface area contributed by atoms with E-state index in [1.54, 1.807) is 0 Å². The molecule has 1 aliphatic rings. The molecule has 4 N–H and O–H groups in total. The molecule has 112 valence electrons. The molecule has 0 bridgehead atoms. The van der Waals surface area contributed by atoms with Gasteiger partial charge in [0.2, 0.25) is 0 Å². The van der Waals surface area contributed by atoms with Crippen LogP contribution in [0.3, 0.4) is 0 Å². The molecule has 2 heterocycles. The van der Waals surface area contributed by atoms with E-state index >= 15 is 0 Å². The Balaban J connectivity index is 2.40. The smallest absolute Gasteiger partial charge is 0.330 e. The number of rotatable bonds is 4. The van der Waals surface area contributed by atoms with Gasteiger partial charge in [0, 0.05) is 13.3 Å². The van der Waals surface area contributed by atoms with Crippen LogP contribution in [0.25, 0.3) is 0 Å². The highest BCUT2D eigenvalue weighted by molar-refractivity contribution is 5.04. The molecule has 0 aliphatic carbocycles. The number of ether oxygens (including phenoxy) is 2. The third-order valence-electron chi connectivity index (χ3n) is 3.13. The molecule has 0 spiro atoms. The van der Waals surface area contributed by atoms with Gasteiger partial charge in [0.1, 0.15) is 18.3 Å². The Morgan fingerprint density at radius 1 is 1.40 bits per heavy atom. The third-order valence-corrected chi connectivity index (χ3v) is 3.13. The monoisotopic (exact) mass is 288 g/mol. The van der Waals surface area contributed by atoms with Crippen molar-refractivity contribution in [3.05, 3.63) is 32.6 Å². The molecule has 4 atom stereocenters. The first kappa shape index (κ1) is 14.9. The normalized spacial score (nSPS) is 29.8. The van der Waals surface area contributed by atoms with Crippen molar-refractivity contribution in [3.8, 4) is 0 Å². The predicted molar refractivity (Wildman–Crippen MR) is 65.0 cm³/mol. The fourth-order valence-electron chi connectivity index (χ4n) is 2.08. The van der Waals surface area contributed by atoms with E-state index < -0.39 is 42.4 Å². The quantitative estimate of drug-likeness (QED) is 0.473. The van der Waals surface area contributed by atoms with Crippen LogP contribution in [0, 0.1) is 0 Å². The number of aromatic amines is 1. The van der Waals surface area contributed by atoms with Gasteiger partial charge in [0.05, 0.1) is 18.8 Å². The maximum absolute atomic E-state index is 11.8. The Labute approximate surface area is 113 Å². The van der Waals surface area contributed by atoms with Crippen molar-refractivity contribution in [2.24, 2.45) is 0 Å². The number of H-pyrrole nitrogens is 1. The van der Waals surface area contributed by atoms with Crippen molar-refractivity contribution in [1.82, 2.24) is 9.55 Å². The maximum Gasteiger partial charge on any atom is 0.330 e. The zero-order valence-electron chi connectivity index (χ0n) is 10.7. The van der Waals surface area contributed by atoms with E-state index in [0.717, 1.165) is 4.57 Å². The number of aliphatic hydroxyl groups is 3. The molecule has 9 heteroatoms. The van der Waals surface area contributed by atoms with Gasteiger partial charge in [-0.15, -0.1) is 0 Å². The summed E-state index contributed by atoms with van der Waals surface area (Å²) in [5, 5.41) is 28.5. The van der Waals surface area contributed by atoms with E-state index in [-0.39, 0.29) is 12.2 Å². The lowest BCUT2D eigenvalue weighted by atomic mass is 10.1. The first-order valence-corrected chi connectivity index (χ1v) is 5.95. The van der Waals surface area contributed by atoms with E-state index in [1.165, 1.54) is 13.3 Å². The summed E-state index contributed by atoms with van der Waals surface area (Å²) >= 11 is 0. The Morgan fingerprint density at radius 3 is 2.65 bits per heavy atom. The number of aromatic nitrogens is 2. The topological polar surface area (TPSA) is 134 Å². The second-order valence-corrected chi connectivity index (χ2v) is 4.48. The second kappa shape index (κ2) is 5.85. The molecular weight excluding hydrogens is 272 g/mol. The fourth-order valence-corrected chi connectivity index (χ4v) is 2.08. The maximum atomic E-state index is 11.8. The van der Waals surface area contributed by atoms with Crippen molar-refractivity contribution in [3.63, 3.8) is 0 Å². The molecule has 1 aromatic rings. The van der Waals surface area contributed by atoms with Crippen LogP contribution in [0.4, 0.5) is 0 Å². The van der Waals surface area contributed by atoms with E-state index in [2.05, 4.69) is 4.98 Å².